The van der Waals surface area contributed by atoms with E-state index >= 15 is 0 Å². The lowest BCUT2D eigenvalue weighted by Crippen LogP contribution is -2.07. The number of fused-ring (bicyclic) bond motifs is 1. The van der Waals surface area contributed by atoms with Gasteiger partial charge in [0.05, 0.1) is 0 Å². The SMILES string of the molecule is Cc1cc2[nH]c(C3(C)CC3)c(Cc3cccc(C(=O)O)n3)c2cc1C. The second kappa shape index (κ2) is 5.45. The minimum absolute atomic E-state index is 0.101. The van der Waals surface area contributed by atoms with Crippen molar-refractivity contribution >= 4 is 16.9 Å². The normalized spacial score (nSPS) is 15.5. The molecule has 1 aliphatic carbocycles. The third kappa shape index (κ3) is 2.72. The Hall–Kier alpha value is -2.62. The first kappa shape index (κ1) is 15.9. The maximum Gasteiger partial charge on any atom is 0.354 e. The fraction of sp³-hybridized carbons (Fsp3) is 0.333. The summed E-state index contributed by atoms with van der Waals surface area (Å²) in [7, 11) is 0. The van der Waals surface area contributed by atoms with E-state index in [0.717, 1.165) is 11.2 Å². The molecule has 1 aliphatic rings. The average molecular weight is 334 g/mol. The first-order valence-corrected chi connectivity index (χ1v) is 8.69. The molecular weight excluding hydrogens is 312 g/mol. The van der Waals surface area contributed by atoms with Crippen LogP contribution < -0.4 is 0 Å². The standard InChI is InChI=1S/C21H22N2O2/c1-12-9-15-16(11-14-5-4-6-17(22-14)20(24)25)19(21(3)7-8-21)23-18(15)10-13(12)2/h4-6,9-10,23H,7-8,11H2,1-3H3,(H,24,25). The summed E-state index contributed by atoms with van der Waals surface area (Å²) in [5, 5.41) is 10.4. The van der Waals surface area contributed by atoms with Gasteiger partial charge in [-0.3, -0.25) is 0 Å². The molecule has 0 radical (unpaired) electrons. The maximum atomic E-state index is 11.2. The van der Waals surface area contributed by atoms with E-state index in [1.165, 1.54) is 46.7 Å². The first-order valence-electron chi connectivity index (χ1n) is 8.69. The summed E-state index contributed by atoms with van der Waals surface area (Å²) in [6, 6.07) is 9.68. The van der Waals surface area contributed by atoms with Gasteiger partial charge in [0, 0.05) is 34.1 Å². The molecule has 0 unspecified atom stereocenters. The van der Waals surface area contributed by atoms with Gasteiger partial charge in [-0.2, -0.15) is 0 Å². The van der Waals surface area contributed by atoms with Gasteiger partial charge in [0.2, 0.25) is 0 Å². The lowest BCUT2D eigenvalue weighted by molar-refractivity contribution is 0.0690. The van der Waals surface area contributed by atoms with Crippen molar-refractivity contribution in [3.05, 3.63) is 64.1 Å². The number of aromatic nitrogens is 2. The van der Waals surface area contributed by atoms with Crippen molar-refractivity contribution in [2.45, 2.75) is 45.4 Å². The van der Waals surface area contributed by atoms with Gasteiger partial charge < -0.3 is 10.1 Å². The minimum atomic E-state index is -0.985. The number of aromatic carboxylic acids is 1. The van der Waals surface area contributed by atoms with Crippen molar-refractivity contribution in [3.8, 4) is 0 Å². The summed E-state index contributed by atoms with van der Waals surface area (Å²) in [6.45, 7) is 6.56. The van der Waals surface area contributed by atoms with Crippen molar-refractivity contribution < 1.29 is 9.90 Å². The van der Waals surface area contributed by atoms with E-state index in [2.05, 4.69) is 42.9 Å². The van der Waals surface area contributed by atoms with Crippen LogP contribution in [0.25, 0.3) is 10.9 Å². The number of hydrogen-bond acceptors (Lipinski definition) is 2. The van der Waals surface area contributed by atoms with Gasteiger partial charge in [0.25, 0.3) is 0 Å². The number of aromatic amines is 1. The highest BCUT2D eigenvalue weighted by Crippen LogP contribution is 2.50. The molecule has 0 aliphatic heterocycles. The van der Waals surface area contributed by atoms with E-state index < -0.39 is 5.97 Å². The van der Waals surface area contributed by atoms with E-state index in [-0.39, 0.29) is 11.1 Å². The number of benzene rings is 1. The highest BCUT2D eigenvalue weighted by Gasteiger charge is 2.42. The molecule has 1 fully saturated rings. The van der Waals surface area contributed by atoms with Crippen LogP contribution in [0.1, 0.15) is 58.3 Å². The van der Waals surface area contributed by atoms with E-state index in [9.17, 15) is 9.90 Å². The molecule has 1 aromatic carbocycles. The molecule has 4 heteroatoms. The minimum Gasteiger partial charge on any atom is -0.477 e. The Kier molecular flexibility index (Phi) is 3.46. The van der Waals surface area contributed by atoms with Crippen molar-refractivity contribution in [2.75, 3.05) is 0 Å². The summed E-state index contributed by atoms with van der Waals surface area (Å²) in [5.74, 6) is -0.985. The Morgan fingerprint density at radius 2 is 1.96 bits per heavy atom. The number of hydrogen-bond donors (Lipinski definition) is 2. The number of carbonyl (C=O) groups is 1. The molecule has 25 heavy (non-hydrogen) atoms. The fourth-order valence-electron chi connectivity index (χ4n) is 3.53. The number of nitrogens with zero attached hydrogens (tertiary/aromatic N) is 1. The number of rotatable bonds is 4. The fourth-order valence-corrected chi connectivity index (χ4v) is 3.53. The third-order valence-corrected chi connectivity index (χ3v) is 5.51. The molecule has 0 saturated heterocycles. The Balaban J connectivity index is 1.86. The molecule has 2 aromatic heterocycles. The summed E-state index contributed by atoms with van der Waals surface area (Å²) in [6.07, 6.45) is 3.02. The van der Waals surface area contributed by atoms with Crippen LogP contribution in [0.4, 0.5) is 0 Å². The summed E-state index contributed by atoms with van der Waals surface area (Å²) < 4.78 is 0. The molecule has 3 aromatic rings. The zero-order valence-corrected chi connectivity index (χ0v) is 14.8. The molecule has 4 nitrogen and oxygen atoms in total. The summed E-state index contributed by atoms with van der Waals surface area (Å²) in [5.41, 5.74) is 7.36. The molecule has 1 saturated carbocycles. The van der Waals surface area contributed by atoms with Gasteiger partial charge in [0.15, 0.2) is 0 Å². The van der Waals surface area contributed by atoms with Crippen LogP contribution in [-0.2, 0) is 11.8 Å². The van der Waals surface area contributed by atoms with Crippen LogP contribution >= 0.6 is 0 Å². The summed E-state index contributed by atoms with van der Waals surface area (Å²) in [4.78, 5) is 19.2. The molecule has 0 amide bonds. The number of pyridine rings is 1. The van der Waals surface area contributed by atoms with Gasteiger partial charge in [-0.25, -0.2) is 9.78 Å². The van der Waals surface area contributed by atoms with E-state index in [0.29, 0.717) is 6.42 Å². The summed E-state index contributed by atoms with van der Waals surface area (Å²) >= 11 is 0. The van der Waals surface area contributed by atoms with Crippen LogP contribution in [0.5, 0.6) is 0 Å². The highest BCUT2D eigenvalue weighted by molar-refractivity contribution is 5.87. The van der Waals surface area contributed by atoms with Crippen molar-refractivity contribution in [3.63, 3.8) is 0 Å². The largest absolute Gasteiger partial charge is 0.477 e. The van der Waals surface area contributed by atoms with Gasteiger partial charge in [-0.05, 0) is 67.6 Å². The lowest BCUT2D eigenvalue weighted by atomic mass is 9.95. The van der Waals surface area contributed by atoms with E-state index in [1.807, 2.05) is 6.07 Å². The Labute approximate surface area is 146 Å². The molecule has 4 rings (SSSR count). The second-order valence-electron chi connectivity index (χ2n) is 7.52. The second-order valence-corrected chi connectivity index (χ2v) is 7.52. The Morgan fingerprint density at radius 3 is 2.64 bits per heavy atom. The monoisotopic (exact) mass is 334 g/mol. The zero-order valence-electron chi connectivity index (χ0n) is 14.8. The number of carboxylic acids is 1. The van der Waals surface area contributed by atoms with Crippen LogP contribution in [-0.4, -0.2) is 21.0 Å². The molecule has 128 valence electrons. The number of H-pyrrole nitrogens is 1. The van der Waals surface area contributed by atoms with Crippen molar-refractivity contribution in [1.82, 2.24) is 9.97 Å². The molecular formula is C21H22N2O2. The number of carboxylic acid groups (broad SMARTS) is 1. The van der Waals surface area contributed by atoms with Gasteiger partial charge >= 0.3 is 5.97 Å². The lowest BCUT2D eigenvalue weighted by Gasteiger charge is -2.11. The predicted octanol–water partition coefficient (Wildman–Crippen LogP) is 4.52. The maximum absolute atomic E-state index is 11.2. The molecule has 0 spiro atoms. The van der Waals surface area contributed by atoms with E-state index in [4.69, 9.17) is 0 Å². The van der Waals surface area contributed by atoms with Gasteiger partial charge in [-0.15, -0.1) is 0 Å². The molecule has 2 heterocycles. The first-order chi connectivity index (χ1) is 11.9. The van der Waals surface area contributed by atoms with Gasteiger partial charge in [-0.1, -0.05) is 13.0 Å². The average Bonchev–Trinajstić information content (AvgIpc) is 3.23. The zero-order chi connectivity index (χ0) is 17.8. The molecule has 2 N–H and O–H groups in total. The van der Waals surface area contributed by atoms with Crippen LogP contribution in [0.3, 0.4) is 0 Å². The van der Waals surface area contributed by atoms with Crippen LogP contribution in [0.2, 0.25) is 0 Å². The Morgan fingerprint density at radius 1 is 1.24 bits per heavy atom. The third-order valence-electron chi connectivity index (χ3n) is 5.51. The number of aryl methyl sites for hydroxylation is 2. The van der Waals surface area contributed by atoms with Crippen molar-refractivity contribution in [1.29, 1.82) is 0 Å². The van der Waals surface area contributed by atoms with E-state index in [1.54, 1.807) is 6.07 Å². The highest BCUT2D eigenvalue weighted by atomic mass is 16.4. The van der Waals surface area contributed by atoms with Gasteiger partial charge in [0.1, 0.15) is 5.69 Å². The topological polar surface area (TPSA) is 66.0 Å². The Bertz CT molecular complexity index is 997. The smallest absolute Gasteiger partial charge is 0.354 e. The van der Waals surface area contributed by atoms with Crippen LogP contribution in [0.15, 0.2) is 30.3 Å². The van der Waals surface area contributed by atoms with Crippen molar-refractivity contribution in [2.24, 2.45) is 0 Å². The number of nitrogens with one attached hydrogen (secondary N) is 1. The molecule has 0 bridgehead atoms. The molecule has 0 atom stereocenters. The van der Waals surface area contributed by atoms with Crippen LogP contribution in [0, 0.1) is 13.8 Å². The predicted molar refractivity (Wildman–Crippen MR) is 98.4 cm³/mol. The quantitative estimate of drug-likeness (QED) is 0.737.